The van der Waals surface area contributed by atoms with Crippen molar-refractivity contribution in [3.63, 3.8) is 0 Å². The summed E-state index contributed by atoms with van der Waals surface area (Å²) in [6, 6.07) is 4.40. The predicted octanol–water partition coefficient (Wildman–Crippen LogP) is 1.88. The molecule has 14 heavy (non-hydrogen) atoms. The Morgan fingerprint density at radius 3 is 2.79 bits per heavy atom. The van der Waals surface area contributed by atoms with Gasteiger partial charge in [-0.3, -0.25) is 0 Å². The number of aromatic carboxylic acids is 1. The van der Waals surface area contributed by atoms with Crippen molar-refractivity contribution < 1.29 is 19.7 Å². The molecule has 4 heteroatoms. The molecule has 4 nitrogen and oxygen atoms in total. The average Bonchev–Trinajstić information content (AvgIpc) is 2.14. The van der Waals surface area contributed by atoms with Crippen molar-refractivity contribution in [3.05, 3.63) is 23.8 Å². The Hall–Kier alpha value is -1.71. The van der Waals surface area contributed by atoms with Crippen LogP contribution in [0, 0.1) is 0 Å². The first-order valence-electron chi connectivity index (χ1n) is 4.35. The maximum absolute atomic E-state index is 10.8. The summed E-state index contributed by atoms with van der Waals surface area (Å²) in [6.07, 6.45) is 0.786. The van der Waals surface area contributed by atoms with E-state index in [1.807, 2.05) is 6.92 Å². The van der Waals surface area contributed by atoms with Crippen LogP contribution in [0.2, 0.25) is 0 Å². The van der Waals surface area contributed by atoms with Crippen LogP contribution >= 0.6 is 0 Å². The van der Waals surface area contributed by atoms with Crippen molar-refractivity contribution in [3.8, 4) is 11.5 Å². The SMILES string of the molecule is CCCOc1cccc(O)c1C(=O)O. The van der Waals surface area contributed by atoms with Gasteiger partial charge in [-0.15, -0.1) is 0 Å². The topological polar surface area (TPSA) is 66.8 Å². The lowest BCUT2D eigenvalue weighted by Crippen LogP contribution is -2.04. The van der Waals surface area contributed by atoms with Gasteiger partial charge < -0.3 is 14.9 Å². The van der Waals surface area contributed by atoms with E-state index in [2.05, 4.69) is 0 Å². The van der Waals surface area contributed by atoms with Gasteiger partial charge in [0.25, 0.3) is 0 Å². The van der Waals surface area contributed by atoms with Gasteiger partial charge in [-0.05, 0) is 18.6 Å². The Morgan fingerprint density at radius 1 is 1.50 bits per heavy atom. The molecule has 0 fully saturated rings. The molecule has 0 radical (unpaired) electrons. The number of ether oxygens (including phenoxy) is 1. The van der Waals surface area contributed by atoms with Crippen molar-refractivity contribution in [2.24, 2.45) is 0 Å². The van der Waals surface area contributed by atoms with Gasteiger partial charge in [0.1, 0.15) is 17.1 Å². The van der Waals surface area contributed by atoms with Gasteiger partial charge in [-0.1, -0.05) is 13.0 Å². The highest BCUT2D eigenvalue weighted by Gasteiger charge is 2.15. The van der Waals surface area contributed by atoms with E-state index in [9.17, 15) is 9.90 Å². The summed E-state index contributed by atoms with van der Waals surface area (Å²) in [5.74, 6) is -1.25. The van der Waals surface area contributed by atoms with E-state index >= 15 is 0 Å². The Balaban J connectivity index is 3.02. The molecule has 1 aromatic rings. The van der Waals surface area contributed by atoms with Gasteiger partial charge in [0, 0.05) is 0 Å². The zero-order chi connectivity index (χ0) is 10.6. The Morgan fingerprint density at radius 2 is 2.21 bits per heavy atom. The largest absolute Gasteiger partial charge is 0.507 e. The molecule has 0 unspecified atom stereocenters. The lowest BCUT2D eigenvalue weighted by molar-refractivity contribution is 0.0689. The molecule has 1 aromatic carbocycles. The number of benzene rings is 1. The molecule has 0 aliphatic carbocycles. The molecule has 1 rings (SSSR count). The molecule has 0 amide bonds. The van der Waals surface area contributed by atoms with Crippen molar-refractivity contribution >= 4 is 5.97 Å². The van der Waals surface area contributed by atoms with Gasteiger partial charge in [-0.2, -0.15) is 0 Å². The minimum Gasteiger partial charge on any atom is -0.507 e. The van der Waals surface area contributed by atoms with Crippen molar-refractivity contribution in [2.75, 3.05) is 6.61 Å². The highest BCUT2D eigenvalue weighted by Crippen LogP contribution is 2.27. The maximum atomic E-state index is 10.8. The summed E-state index contributed by atoms with van der Waals surface area (Å²) < 4.78 is 5.19. The van der Waals surface area contributed by atoms with Crippen LogP contribution in [0.3, 0.4) is 0 Å². The predicted molar refractivity (Wildman–Crippen MR) is 50.9 cm³/mol. The molecule has 0 bridgehead atoms. The molecule has 0 spiro atoms. The lowest BCUT2D eigenvalue weighted by atomic mass is 10.2. The molecule has 0 saturated heterocycles. The third-order valence-electron chi connectivity index (χ3n) is 1.68. The van der Waals surface area contributed by atoms with E-state index in [1.165, 1.54) is 12.1 Å². The first-order chi connectivity index (χ1) is 6.66. The maximum Gasteiger partial charge on any atom is 0.343 e. The van der Waals surface area contributed by atoms with Crippen LogP contribution in [0.15, 0.2) is 18.2 Å². The number of carbonyl (C=O) groups is 1. The van der Waals surface area contributed by atoms with Crippen molar-refractivity contribution in [1.82, 2.24) is 0 Å². The molecule has 0 saturated carbocycles. The molecular weight excluding hydrogens is 184 g/mol. The van der Waals surface area contributed by atoms with Crippen LogP contribution in [-0.2, 0) is 0 Å². The van der Waals surface area contributed by atoms with Crippen LogP contribution in [0.25, 0.3) is 0 Å². The second-order valence-corrected chi connectivity index (χ2v) is 2.80. The highest BCUT2D eigenvalue weighted by atomic mass is 16.5. The molecule has 0 aliphatic heterocycles. The van der Waals surface area contributed by atoms with Gasteiger partial charge in [-0.25, -0.2) is 4.79 Å². The number of carboxylic acid groups (broad SMARTS) is 1. The van der Waals surface area contributed by atoms with Crippen molar-refractivity contribution in [2.45, 2.75) is 13.3 Å². The summed E-state index contributed by atoms with van der Waals surface area (Å²) in [5.41, 5.74) is -0.180. The third kappa shape index (κ3) is 2.16. The fourth-order valence-electron chi connectivity index (χ4n) is 1.07. The fourth-order valence-corrected chi connectivity index (χ4v) is 1.07. The summed E-state index contributed by atoms with van der Waals surface area (Å²) in [6.45, 7) is 2.35. The highest BCUT2D eigenvalue weighted by molar-refractivity contribution is 5.93. The van der Waals surface area contributed by atoms with Crippen molar-refractivity contribution in [1.29, 1.82) is 0 Å². The number of hydrogen-bond donors (Lipinski definition) is 2. The fraction of sp³-hybridized carbons (Fsp3) is 0.300. The zero-order valence-electron chi connectivity index (χ0n) is 7.86. The van der Waals surface area contributed by atoms with Gasteiger partial charge in [0.05, 0.1) is 6.61 Å². The van der Waals surface area contributed by atoms with E-state index in [0.717, 1.165) is 6.42 Å². The first kappa shape index (κ1) is 10.4. The second-order valence-electron chi connectivity index (χ2n) is 2.80. The molecule has 0 aliphatic rings. The van der Waals surface area contributed by atoms with Gasteiger partial charge in [0.15, 0.2) is 0 Å². The number of carboxylic acids is 1. The second kappa shape index (κ2) is 4.50. The van der Waals surface area contributed by atoms with E-state index < -0.39 is 5.97 Å². The lowest BCUT2D eigenvalue weighted by Gasteiger charge is -2.08. The average molecular weight is 196 g/mol. The summed E-state index contributed by atoms with van der Waals surface area (Å²) in [4.78, 5) is 10.8. The molecular formula is C10H12O4. The third-order valence-corrected chi connectivity index (χ3v) is 1.68. The van der Waals surface area contributed by atoms with Crippen LogP contribution in [0.1, 0.15) is 23.7 Å². The quantitative estimate of drug-likeness (QED) is 0.771. The Kier molecular flexibility index (Phi) is 3.34. The number of hydrogen-bond acceptors (Lipinski definition) is 3. The number of aromatic hydroxyl groups is 1. The van der Waals surface area contributed by atoms with E-state index in [0.29, 0.717) is 6.61 Å². The summed E-state index contributed by atoms with van der Waals surface area (Å²) in [5, 5.41) is 18.1. The Bertz CT molecular complexity index is 333. The molecule has 76 valence electrons. The monoisotopic (exact) mass is 196 g/mol. The van der Waals surface area contributed by atoms with Gasteiger partial charge in [0.2, 0.25) is 0 Å². The normalized spacial score (nSPS) is 9.79. The zero-order valence-corrected chi connectivity index (χ0v) is 7.86. The Labute approximate surface area is 81.8 Å². The molecule has 0 heterocycles. The summed E-state index contributed by atoms with van der Waals surface area (Å²) in [7, 11) is 0. The molecule has 0 atom stereocenters. The molecule has 0 aromatic heterocycles. The minimum absolute atomic E-state index is 0.180. The minimum atomic E-state index is -1.19. The van der Waals surface area contributed by atoms with Crippen LogP contribution in [0.4, 0.5) is 0 Å². The number of phenols is 1. The number of rotatable bonds is 4. The summed E-state index contributed by atoms with van der Waals surface area (Å²) >= 11 is 0. The smallest absolute Gasteiger partial charge is 0.343 e. The van der Waals surface area contributed by atoms with E-state index in [4.69, 9.17) is 9.84 Å². The van der Waals surface area contributed by atoms with Gasteiger partial charge >= 0.3 is 5.97 Å². The molecule has 2 N–H and O–H groups in total. The van der Waals surface area contributed by atoms with E-state index in [-0.39, 0.29) is 17.1 Å². The van der Waals surface area contributed by atoms with E-state index in [1.54, 1.807) is 6.07 Å². The van der Waals surface area contributed by atoms with Crippen LogP contribution in [-0.4, -0.2) is 22.8 Å². The standard InChI is InChI=1S/C10H12O4/c1-2-6-14-8-5-3-4-7(11)9(8)10(12)13/h3-5,11H,2,6H2,1H3,(H,12,13). The first-order valence-corrected chi connectivity index (χ1v) is 4.35. The van der Waals surface area contributed by atoms with Crippen LogP contribution in [0.5, 0.6) is 11.5 Å². The van der Waals surface area contributed by atoms with Crippen LogP contribution < -0.4 is 4.74 Å².